The van der Waals surface area contributed by atoms with Crippen LogP contribution in [0.4, 0.5) is 0 Å². The van der Waals surface area contributed by atoms with Gasteiger partial charge in [-0.15, -0.1) is 0 Å². The highest BCUT2D eigenvalue weighted by atomic mass is 16.3. The molecular formula is C56H35NO. The van der Waals surface area contributed by atoms with Crippen molar-refractivity contribution in [2.45, 2.75) is 0 Å². The van der Waals surface area contributed by atoms with Crippen molar-refractivity contribution < 1.29 is 4.42 Å². The molecule has 0 atom stereocenters. The van der Waals surface area contributed by atoms with E-state index in [-0.39, 0.29) is 0 Å². The highest BCUT2D eigenvalue weighted by Gasteiger charge is 2.16. The molecule has 0 saturated heterocycles. The summed E-state index contributed by atoms with van der Waals surface area (Å²) in [7, 11) is 0. The van der Waals surface area contributed by atoms with Crippen LogP contribution in [0.3, 0.4) is 0 Å². The maximum Gasteiger partial charge on any atom is 0.143 e. The molecule has 12 aromatic rings. The fourth-order valence-electron chi connectivity index (χ4n) is 9.19. The Morgan fingerprint density at radius 3 is 1.60 bits per heavy atom. The molecule has 2 heteroatoms. The van der Waals surface area contributed by atoms with E-state index in [1.54, 1.807) is 0 Å². The number of nitrogens with zero attached hydrogens (tertiary/aromatic N) is 1. The second-order valence-corrected chi connectivity index (χ2v) is 15.3. The number of fused-ring (bicyclic) bond motifs is 9. The summed E-state index contributed by atoms with van der Waals surface area (Å²) in [6.45, 7) is 0. The minimum Gasteiger partial charge on any atom is -0.455 e. The smallest absolute Gasteiger partial charge is 0.143 e. The van der Waals surface area contributed by atoms with E-state index in [9.17, 15) is 0 Å². The van der Waals surface area contributed by atoms with E-state index < -0.39 is 0 Å². The molecule has 0 aliphatic heterocycles. The Kier molecular flexibility index (Phi) is 7.26. The summed E-state index contributed by atoms with van der Waals surface area (Å²) in [6, 6.07) is 77.0. The lowest BCUT2D eigenvalue weighted by Gasteiger charge is -2.12. The molecule has 2 aromatic heterocycles. The van der Waals surface area contributed by atoms with Gasteiger partial charge < -0.3 is 8.98 Å². The molecule has 0 aliphatic carbocycles. The van der Waals surface area contributed by atoms with Crippen LogP contribution in [0, 0.1) is 0 Å². The largest absolute Gasteiger partial charge is 0.455 e. The molecule has 10 aromatic carbocycles. The van der Waals surface area contributed by atoms with E-state index in [0.717, 1.165) is 38.8 Å². The summed E-state index contributed by atoms with van der Waals surface area (Å²) in [6.07, 6.45) is 0. The lowest BCUT2D eigenvalue weighted by atomic mass is 9.92. The van der Waals surface area contributed by atoms with Gasteiger partial charge in [-0.05, 0) is 103 Å². The maximum atomic E-state index is 6.33. The highest BCUT2D eigenvalue weighted by Crippen LogP contribution is 2.40. The number of benzene rings is 10. The molecule has 12 rings (SSSR count). The summed E-state index contributed by atoms with van der Waals surface area (Å²) < 4.78 is 8.72. The standard InChI is InChI=1S/C56H35NO/c1-2-11-44-42(10-1)35-51(47-13-4-3-12-46(44)47)40-26-22-38(23-27-40)41-30-33-54-52(34-41)48-14-5-7-18-53(48)57(54)43-31-28-37(29-32-43)36-20-24-39(25-21-36)45-16-9-17-50-49-15-6-8-19-55(49)58-56(45)50/h1-35H. The Bertz CT molecular complexity index is 3530. The number of furan rings is 1. The Balaban J connectivity index is 0.869. The third kappa shape index (κ3) is 5.12. The third-order valence-electron chi connectivity index (χ3n) is 12.0. The van der Waals surface area contributed by atoms with Crippen LogP contribution >= 0.6 is 0 Å². The highest BCUT2D eigenvalue weighted by molar-refractivity contribution is 6.14. The van der Waals surface area contributed by atoms with Crippen LogP contribution in [0.2, 0.25) is 0 Å². The molecular weight excluding hydrogens is 703 g/mol. The van der Waals surface area contributed by atoms with Gasteiger partial charge in [0.2, 0.25) is 0 Å². The molecule has 270 valence electrons. The van der Waals surface area contributed by atoms with E-state index in [0.29, 0.717) is 0 Å². The minimum absolute atomic E-state index is 0.919. The van der Waals surface area contributed by atoms with Crippen molar-refractivity contribution in [2.24, 2.45) is 0 Å². The Labute approximate surface area is 335 Å². The van der Waals surface area contributed by atoms with Crippen LogP contribution in [0.25, 0.3) is 115 Å². The Morgan fingerprint density at radius 2 is 0.828 bits per heavy atom. The molecule has 0 unspecified atom stereocenters. The maximum absolute atomic E-state index is 6.33. The molecule has 58 heavy (non-hydrogen) atoms. The normalized spacial score (nSPS) is 11.8. The van der Waals surface area contributed by atoms with Crippen molar-refractivity contribution in [3.05, 3.63) is 212 Å². The van der Waals surface area contributed by atoms with E-state index in [2.05, 4.69) is 205 Å². The summed E-state index contributed by atoms with van der Waals surface area (Å²) >= 11 is 0. The number of aromatic nitrogens is 1. The van der Waals surface area contributed by atoms with Gasteiger partial charge in [0.15, 0.2) is 0 Å². The van der Waals surface area contributed by atoms with Gasteiger partial charge in [-0.3, -0.25) is 0 Å². The predicted octanol–water partition coefficient (Wildman–Crippen LogP) is 15.7. The predicted molar refractivity (Wildman–Crippen MR) is 245 cm³/mol. The van der Waals surface area contributed by atoms with Gasteiger partial charge in [-0.1, -0.05) is 170 Å². The zero-order valence-corrected chi connectivity index (χ0v) is 31.6. The van der Waals surface area contributed by atoms with Gasteiger partial charge in [-0.2, -0.15) is 0 Å². The van der Waals surface area contributed by atoms with E-state index in [1.165, 1.54) is 76.7 Å². The molecule has 0 amide bonds. The number of para-hydroxylation sites is 3. The van der Waals surface area contributed by atoms with Crippen molar-refractivity contribution >= 4 is 65.3 Å². The summed E-state index contributed by atoms with van der Waals surface area (Å²) in [4.78, 5) is 0. The SMILES string of the molecule is c1ccc2c(c1)cc(-c1ccc(-c3ccc4c(c3)c3ccccc3n4-c3ccc(-c4ccc(-c5cccc6c5oc5ccccc56)cc4)cc3)cc1)c1ccccc12. The lowest BCUT2D eigenvalue weighted by molar-refractivity contribution is 0.670. The number of rotatable bonds is 5. The van der Waals surface area contributed by atoms with Gasteiger partial charge in [0.1, 0.15) is 11.2 Å². The van der Waals surface area contributed by atoms with Gasteiger partial charge in [0, 0.05) is 32.8 Å². The van der Waals surface area contributed by atoms with Crippen LogP contribution in [-0.4, -0.2) is 4.57 Å². The quantitative estimate of drug-likeness (QED) is 0.161. The molecule has 0 N–H and O–H groups in total. The van der Waals surface area contributed by atoms with Gasteiger partial charge >= 0.3 is 0 Å². The van der Waals surface area contributed by atoms with Gasteiger partial charge in [-0.25, -0.2) is 0 Å². The molecule has 0 radical (unpaired) electrons. The zero-order chi connectivity index (χ0) is 38.2. The van der Waals surface area contributed by atoms with Gasteiger partial charge in [0.25, 0.3) is 0 Å². The van der Waals surface area contributed by atoms with Crippen LogP contribution in [0.15, 0.2) is 217 Å². The van der Waals surface area contributed by atoms with Crippen LogP contribution in [0.5, 0.6) is 0 Å². The first-order valence-corrected chi connectivity index (χ1v) is 19.9. The second-order valence-electron chi connectivity index (χ2n) is 15.3. The number of hydrogen-bond donors (Lipinski definition) is 0. The van der Waals surface area contributed by atoms with Crippen molar-refractivity contribution in [2.75, 3.05) is 0 Å². The average Bonchev–Trinajstić information content (AvgIpc) is 3.85. The molecule has 2 nitrogen and oxygen atoms in total. The third-order valence-corrected chi connectivity index (χ3v) is 12.0. The zero-order valence-electron chi connectivity index (χ0n) is 31.6. The molecule has 0 bridgehead atoms. The van der Waals surface area contributed by atoms with Gasteiger partial charge in [0.05, 0.1) is 11.0 Å². The molecule has 0 saturated carbocycles. The van der Waals surface area contributed by atoms with Crippen molar-refractivity contribution in [3.63, 3.8) is 0 Å². The molecule has 0 fully saturated rings. The number of hydrogen-bond acceptors (Lipinski definition) is 1. The fourth-order valence-corrected chi connectivity index (χ4v) is 9.19. The topological polar surface area (TPSA) is 18.1 Å². The Hall–Kier alpha value is -7.68. The first-order chi connectivity index (χ1) is 28.7. The summed E-state index contributed by atoms with van der Waals surface area (Å²) in [5.41, 5.74) is 14.9. The second kappa shape index (κ2) is 12.9. The van der Waals surface area contributed by atoms with E-state index in [1.807, 2.05) is 12.1 Å². The van der Waals surface area contributed by atoms with Crippen LogP contribution in [-0.2, 0) is 0 Å². The molecule has 2 heterocycles. The lowest BCUT2D eigenvalue weighted by Crippen LogP contribution is -1.93. The Morgan fingerprint density at radius 1 is 0.293 bits per heavy atom. The monoisotopic (exact) mass is 737 g/mol. The van der Waals surface area contributed by atoms with Crippen LogP contribution in [0.1, 0.15) is 0 Å². The summed E-state index contributed by atoms with van der Waals surface area (Å²) in [5.74, 6) is 0. The average molecular weight is 738 g/mol. The molecule has 0 aliphatic rings. The molecule has 0 spiro atoms. The van der Waals surface area contributed by atoms with Crippen LogP contribution < -0.4 is 0 Å². The van der Waals surface area contributed by atoms with E-state index >= 15 is 0 Å². The van der Waals surface area contributed by atoms with E-state index in [4.69, 9.17) is 4.42 Å². The first kappa shape index (κ1) is 32.6. The minimum atomic E-state index is 0.919. The fraction of sp³-hybridized carbons (Fsp3) is 0. The summed E-state index contributed by atoms with van der Waals surface area (Å²) in [5, 5.41) is 9.92. The first-order valence-electron chi connectivity index (χ1n) is 19.9. The van der Waals surface area contributed by atoms with Crippen molar-refractivity contribution in [1.82, 2.24) is 4.57 Å². The van der Waals surface area contributed by atoms with Crippen molar-refractivity contribution in [1.29, 1.82) is 0 Å². The van der Waals surface area contributed by atoms with Crippen molar-refractivity contribution in [3.8, 4) is 50.2 Å².